The van der Waals surface area contributed by atoms with Gasteiger partial charge in [0.15, 0.2) is 17.6 Å². The zero-order valence-electron chi connectivity index (χ0n) is 25.7. The van der Waals surface area contributed by atoms with E-state index >= 15 is 0 Å². The summed E-state index contributed by atoms with van der Waals surface area (Å²) in [5, 5.41) is 13.6. The highest BCUT2D eigenvalue weighted by molar-refractivity contribution is 5.99. The quantitative estimate of drug-likeness (QED) is 0.358. The fraction of sp³-hybridized carbons (Fsp3) is 0.438. The van der Waals surface area contributed by atoms with Gasteiger partial charge in [0, 0.05) is 18.7 Å². The Morgan fingerprint density at radius 1 is 0.977 bits per heavy atom. The Morgan fingerprint density at radius 3 is 2.19 bits per heavy atom. The van der Waals surface area contributed by atoms with Crippen LogP contribution in [0.1, 0.15) is 45.7 Å². The van der Waals surface area contributed by atoms with Gasteiger partial charge in [-0.05, 0) is 49.9 Å². The van der Waals surface area contributed by atoms with Crippen molar-refractivity contribution >= 4 is 29.4 Å². The molecule has 0 aliphatic carbocycles. The molecule has 2 aromatic rings. The minimum atomic E-state index is -1.65. The zero-order chi connectivity index (χ0) is 31.8. The Kier molecular flexibility index (Phi) is 11.3. The van der Waals surface area contributed by atoms with Gasteiger partial charge in [0.2, 0.25) is 11.8 Å². The third kappa shape index (κ3) is 8.13. The maximum Gasteiger partial charge on any atom is 0.337 e. The fourth-order valence-corrected chi connectivity index (χ4v) is 4.93. The average Bonchev–Trinajstić information content (AvgIpc) is 2.96. The van der Waals surface area contributed by atoms with Crippen molar-refractivity contribution in [3.05, 3.63) is 65.9 Å². The van der Waals surface area contributed by atoms with Gasteiger partial charge in [-0.15, -0.1) is 0 Å². The normalized spacial score (nSPS) is 16.5. The van der Waals surface area contributed by atoms with Crippen molar-refractivity contribution < 1.29 is 38.5 Å². The van der Waals surface area contributed by atoms with E-state index in [2.05, 4.69) is 5.32 Å². The molecule has 0 spiro atoms. The summed E-state index contributed by atoms with van der Waals surface area (Å²) < 4.78 is 16.0. The van der Waals surface area contributed by atoms with E-state index in [0.29, 0.717) is 22.8 Å². The molecule has 0 radical (unpaired) electrons. The molecule has 232 valence electrons. The minimum Gasteiger partial charge on any atom is -0.493 e. The molecule has 1 aliphatic rings. The lowest BCUT2D eigenvalue weighted by Crippen LogP contribution is -2.57. The highest BCUT2D eigenvalue weighted by Crippen LogP contribution is 2.35. The van der Waals surface area contributed by atoms with Crippen LogP contribution in [0.4, 0.5) is 0 Å². The molecule has 3 rings (SSSR count). The van der Waals surface area contributed by atoms with Crippen LogP contribution in [0.5, 0.6) is 11.5 Å². The largest absolute Gasteiger partial charge is 0.493 e. The van der Waals surface area contributed by atoms with Crippen LogP contribution in [0.15, 0.2) is 54.7 Å². The maximum absolute atomic E-state index is 14.0. The Bertz CT molecular complexity index is 1340. The topological polar surface area (TPSA) is 135 Å². The number of aliphatic hydroxyl groups excluding tert-OH is 1. The van der Waals surface area contributed by atoms with Crippen LogP contribution in [0, 0.1) is 5.92 Å². The third-order valence-corrected chi connectivity index (χ3v) is 6.97. The summed E-state index contributed by atoms with van der Waals surface area (Å²) in [6, 6.07) is 12.2. The van der Waals surface area contributed by atoms with Gasteiger partial charge in [-0.1, -0.05) is 44.2 Å². The van der Waals surface area contributed by atoms with Gasteiger partial charge < -0.3 is 29.5 Å². The molecule has 3 atom stereocenters. The second kappa shape index (κ2) is 14.7. The molecule has 0 bridgehead atoms. The van der Waals surface area contributed by atoms with Crippen LogP contribution in [0.25, 0.3) is 5.70 Å². The molecule has 11 nitrogen and oxygen atoms in total. The summed E-state index contributed by atoms with van der Waals surface area (Å²) in [6.45, 7) is 7.89. The molecule has 0 saturated heterocycles. The summed E-state index contributed by atoms with van der Waals surface area (Å²) in [5.41, 5.74) is 1.59. The molecule has 3 amide bonds. The first-order valence-corrected chi connectivity index (χ1v) is 14.1. The van der Waals surface area contributed by atoms with Gasteiger partial charge in [-0.25, -0.2) is 4.79 Å². The van der Waals surface area contributed by atoms with E-state index < -0.39 is 48.6 Å². The Hall–Kier alpha value is -4.38. The van der Waals surface area contributed by atoms with Crippen molar-refractivity contribution in [3.8, 4) is 11.5 Å². The summed E-state index contributed by atoms with van der Waals surface area (Å²) in [5.74, 6) is -1.66. The molecular formula is C32H41N3O8. The van der Waals surface area contributed by atoms with Crippen molar-refractivity contribution in [2.45, 2.75) is 65.3 Å². The molecule has 1 aliphatic heterocycles. The van der Waals surface area contributed by atoms with Crippen LogP contribution >= 0.6 is 0 Å². The lowest BCUT2D eigenvalue weighted by Gasteiger charge is -2.40. The lowest BCUT2D eigenvalue weighted by atomic mass is 9.96. The number of hydrogen-bond donors (Lipinski definition) is 2. The van der Waals surface area contributed by atoms with Crippen molar-refractivity contribution in [1.29, 1.82) is 0 Å². The van der Waals surface area contributed by atoms with Gasteiger partial charge >= 0.3 is 5.97 Å². The van der Waals surface area contributed by atoms with Gasteiger partial charge in [-0.2, -0.15) is 0 Å². The molecule has 1 heterocycles. The van der Waals surface area contributed by atoms with Crippen LogP contribution in [0.2, 0.25) is 0 Å². The van der Waals surface area contributed by atoms with Crippen molar-refractivity contribution in [3.63, 3.8) is 0 Å². The second-order valence-electron chi connectivity index (χ2n) is 10.9. The van der Waals surface area contributed by atoms with Crippen molar-refractivity contribution in [2.24, 2.45) is 5.92 Å². The molecule has 2 aromatic carbocycles. The fourth-order valence-electron chi connectivity index (χ4n) is 4.93. The Labute approximate surface area is 252 Å². The summed E-state index contributed by atoms with van der Waals surface area (Å²) in [6.07, 6.45) is -0.423. The number of rotatable bonds is 12. The SMILES string of the molecule is COc1ccc(C2=CN(C(C)=O)C(C(C)C)C(=O)N2CC(=O)N[C@@H](Cc2ccccc2)C(O)C(=O)OC(C)C)cc1OC. The van der Waals surface area contributed by atoms with Crippen LogP contribution in [-0.4, -0.2) is 83.7 Å². The monoisotopic (exact) mass is 595 g/mol. The Morgan fingerprint density at radius 2 is 1.63 bits per heavy atom. The number of carbonyl (C=O) groups is 4. The van der Waals surface area contributed by atoms with Gasteiger partial charge in [0.25, 0.3) is 5.91 Å². The highest BCUT2D eigenvalue weighted by Gasteiger charge is 2.41. The number of benzene rings is 2. The number of methoxy groups -OCH3 is 2. The smallest absolute Gasteiger partial charge is 0.337 e. The van der Waals surface area contributed by atoms with E-state index in [9.17, 15) is 24.3 Å². The minimum absolute atomic E-state index is 0.139. The van der Waals surface area contributed by atoms with E-state index in [0.717, 1.165) is 5.56 Å². The number of amides is 3. The van der Waals surface area contributed by atoms with E-state index in [1.54, 1.807) is 38.2 Å². The average molecular weight is 596 g/mol. The predicted molar refractivity (Wildman–Crippen MR) is 160 cm³/mol. The number of nitrogens with zero attached hydrogens (tertiary/aromatic N) is 2. The van der Waals surface area contributed by atoms with Crippen LogP contribution in [0.3, 0.4) is 0 Å². The lowest BCUT2D eigenvalue weighted by molar-refractivity contribution is -0.159. The molecule has 2 N–H and O–H groups in total. The molecule has 0 fully saturated rings. The van der Waals surface area contributed by atoms with E-state index in [1.165, 1.54) is 30.9 Å². The summed E-state index contributed by atoms with van der Waals surface area (Å²) in [7, 11) is 2.98. The van der Waals surface area contributed by atoms with Gasteiger partial charge in [0.05, 0.1) is 32.1 Å². The first-order chi connectivity index (χ1) is 20.4. The molecule has 2 unspecified atom stereocenters. The van der Waals surface area contributed by atoms with E-state index in [4.69, 9.17) is 14.2 Å². The van der Waals surface area contributed by atoms with Gasteiger partial charge in [0.1, 0.15) is 12.6 Å². The van der Waals surface area contributed by atoms with E-state index in [1.807, 2.05) is 44.2 Å². The van der Waals surface area contributed by atoms with Crippen LogP contribution in [-0.2, 0) is 30.3 Å². The summed E-state index contributed by atoms with van der Waals surface area (Å²) in [4.78, 5) is 55.5. The van der Waals surface area contributed by atoms with E-state index in [-0.39, 0.29) is 18.2 Å². The number of nitrogens with one attached hydrogen (secondary N) is 1. The molecule has 0 saturated carbocycles. The number of esters is 1. The first-order valence-electron chi connectivity index (χ1n) is 14.1. The van der Waals surface area contributed by atoms with Crippen molar-refractivity contribution in [2.75, 3.05) is 20.8 Å². The van der Waals surface area contributed by atoms with Crippen LogP contribution < -0.4 is 14.8 Å². The number of aliphatic hydroxyl groups is 1. The van der Waals surface area contributed by atoms with Crippen molar-refractivity contribution in [1.82, 2.24) is 15.1 Å². The summed E-state index contributed by atoms with van der Waals surface area (Å²) >= 11 is 0. The zero-order valence-corrected chi connectivity index (χ0v) is 25.7. The Balaban J connectivity index is 1.99. The highest BCUT2D eigenvalue weighted by atomic mass is 16.6. The number of ether oxygens (including phenoxy) is 3. The third-order valence-electron chi connectivity index (χ3n) is 6.97. The molecular weight excluding hydrogens is 554 g/mol. The number of hydrogen-bond acceptors (Lipinski definition) is 8. The molecule has 11 heteroatoms. The second-order valence-corrected chi connectivity index (χ2v) is 10.9. The maximum atomic E-state index is 14.0. The first kappa shape index (κ1) is 33.1. The predicted octanol–water partition coefficient (Wildman–Crippen LogP) is 2.76. The number of carbonyl (C=O) groups excluding carboxylic acids is 4. The molecule has 0 aromatic heterocycles. The van der Waals surface area contributed by atoms with Gasteiger partial charge in [-0.3, -0.25) is 19.3 Å². The molecule has 43 heavy (non-hydrogen) atoms. The standard InChI is InChI=1S/C32H41N3O8/c1-19(2)29-31(39)35(25(17-34(29)21(5)36)23-13-14-26(41-6)27(16-23)42-7)18-28(37)33-24(15-22-11-9-8-10-12-22)30(38)32(40)43-20(3)4/h8-14,16-17,19-20,24,29-30,38H,15,18H2,1-7H3,(H,33,37)/t24-,29?,30?/m0/s1.